The van der Waals surface area contributed by atoms with Crippen LogP contribution in [0.2, 0.25) is 0 Å². The molecule has 0 fully saturated rings. The minimum absolute atomic E-state index is 0.171. The molecular weight excluding hydrogens is 283 g/mol. The van der Waals surface area contributed by atoms with Gasteiger partial charge in [-0.3, -0.25) is 4.99 Å². The second kappa shape index (κ2) is 6.92. The highest BCUT2D eigenvalue weighted by molar-refractivity contribution is 7.89. The molecule has 0 radical (unpaired) electrons. The molecule has 0 bridgehead atoms. The number of sulfonamides is 1. The number of rotatable bonds is 7. The van der Waals surface area contributed by atoms with Gasteiger partial charge in [0.05, 0.1) is 4.90 Å². The van der Waals surface area contributed by atoms with Crippen molar-refractivity contribution in [3.05, 3.63) is 29.8 Å². The summed E-state index contributed by atoms with van der Waals surface area (Å²) in [6, 6.07) is 5.41. The van der Waals surface area contributed by atoms with Crippen LogP contribution in [0.25, 0.3) is 0 Å². The number of ether oxygens (including phenoxy) is 1. The maximum absolute atomic E-state index is 12.8. The molecule has 0 N–H and O–H groups in total. The molecule has 0 saturated heterocycles. The lowest BCUT2D eigenvalue weighted by molar-refractivity contribution is 0.0731. The molecule has 0 aliphatic heterocycles. The van der Waals surface area contributed by atoms with Gasteiger partial charge < -0.3 is 4.74 Å². The van der Waals surface area contributed by atoms with Crippen LogP contribution in [-0.4, -0.2) is 53.4 Å². The van der Waals surface area contributed by atoms with Crippen LogP contribution in [0.1, 0.15) is 11.7 Å². The van der Waals surface area contributed by atoms with E-state index < -0.39 is 28.8 Å². The molecule has 0 aliphatic rings. The average molecular weight is 302 g/mol. The van der Waals surface area contributed by atoms with Crippen molar-refractivity contribution in [2.24, 2.45) is 4.99 Å². The molecule has 0 spiro atoms. The van der Waals surface area contributed by atoms with E-state index in [1.54, 1.807) is 12.1 Å². The highest BCUT2D eigenvalue weighted by Gasteiger charge is 2.23. The molecule has 0 amide bonds. The zero-order valence-electron chi connectivity index (χ0n) is 11.8. The van der Waals surface area contributed by atoms with Crippen LogP contribution in [0, 0.1) is 0 Å². The molecule has 0 aromatic heterocycles. The molecule has 0 heterocycles. The number of hydrogen-bond donors (Lipinski definition) is 0. The predicted octanol–water partition coefficient (Wildman–Crippen LogP) is 1.66. The monoisotopic (exact) mass is 302 g/mol. The fourth-order valence-electron chi connectivity index (χ4n) is 1.78. The van der Waals surface area contributed by atoms with Crippen molar-refractivity contribution >= 4 is 16.7 Å². The highest BCUT2D eigenvalue weighted by Crippen LogP contribution is 2.25. The molecule has 20 heavy (non-hydrogen) atoms. The summed E-state index contributed by atoms with van der Waals surface area (Å²) in [6.07, 6.45) is -0.589. The largest absolute Gasteiger partial charge is 0.374 e. The normalized spacial score (nSPS) is 15.1. The lowest BCUT2D eigenvalue weighted by Crippen LogP contribution is -2.23. The van der Waals surface area contributed by atoms with Gasteiger partial charge in [0.2, 0.25) is 10.0 Å². The Bertz CT molecular complexity index is 543. The first-order chi connectivity index (χ1) is 9.38. The van der Waals surface area contributed by atoms with Gasteiger partial charge in [-0.25, -0.2) is 17.1 Å². The Kier molecular flexibility index (Phi) is 5.79. The lowest BCUT2D eigenvalue weighted by atomic mass is 10.0. The van der Waals surface area contributed by atoms with Crippen LogP contribution in [0.5, 0.6) is 0 Å². The zero-order chi connectivity index (χ0) is 15.3. The molecule has 1 aromatic carbocycles. The third-order valence-corrected chi connectivity index (χ3v) is 4.81. The summed E-state index contributed by atoms with van der Waals surface area (Å²) in [4.78, 5) is 3.85. The maximum Gasteiger partial charge on any atom is 0.242 e. The van der Waals surface area contributed by atoms with Crippen molar-refractivity contribution < 1.29 is 17.5 Å². The second-order valence-corrected chi connectivity index (χ2v) is 6.57. The molecule has 0 saturated carbocycles. The number of halogens is 1. The number of nitrogens with zero attached hydrogens (tertiary/aromatic N) is 2. The van der Waals surface area contributed by atoms with Gasteiger partial charge in [0.15, 0.2) is 0 Å². The SMILES string of the molecule is C=N[C@H](CF)[C@H](OC)c1ccc(S(=O)(=O)N(C)C)cc1. The van der Waals surface area contributed by atoms with E-state index in [-0.39, 0.29) is 4.90 Å². The van der Waals surface area contributed by atoms with Crippen molar-refractivity contribution in [1.29, 1.82) is 0 Å². The van der Waals surface area contributed by atoms with Gasteiger partial charge in [0.25, 0.3) is 0 Å². The van der Waals surface area contributed by atoms with E-state index in [9.17, 15) is 12.8 Å². The standard InChI is InChI=1S/C13H19FN2O3S/c1-15-12(9-14)13(19-4)10-5-7-11(8-6-10)20(17,18)16(2)3/h5-8,12-13H,1,9H2,2-4H3/t12-,13-/m1/s1. The Labute approximate surface area is 119 Å². The van der Waals surface area contributed by atoms with Crippen LogP contribution in [0.4, 0.5) is 4.39 Å². The fraction of sp³-hybridized carbons (Fsp3) is 0.462. The van der Waals surface area contributed by atoms with E-state index >= 15 is 0 Å². The van der Waals surface area contributed by atoms with E-state index in [1.165, 1.54) is 33.3 Å². The first-order valence-electron chi connectivity index (χ1n) is 5.95. The molecule has 1 aromatic rings. The summed E-state index contributed by atoms with van der Waals surface area (Å²) >= 11 is 0. The highest BCUT2D eigenvalue weighted by atomic mass is 32.2. The predicted molar refractivity (Wildman–Crippen MR) is 76.4 cm³/mol. The third-order valence-electron chi connectivity index (χ3n) is 2.98. The summed E-state index contributed by atoms with van der Waals surface area (Å²) in [6.45, 7) is 2.64. The van der Waals surface area contributed by atoms with Crippen molar-refractivity contribution in [3.8, 4) is 0 Å². The maximum atomic E-state index is 12.8. The van der Waals surface area contributed by atoms with E-state index in [4.69, 9.17) is 4.74 Å². The van der Waals surface area contributed by atoms with Gasteiger partial charge >= 0.3 is 0 Å². The van der Waals surface area contributed by atoms with Crippen LogP contribution in [0.15, 0.2) is 34.2 Å². The van der Waals surface area contributed by atoms with Gasteiger partial charge in [-0.15, -0.1) is 0 Å². The number of methoxy groups -OCH3 is 1. The number of hydrogen-bond acceptors (Lipinski definition) is 4. The first-order valence-corrected chi connectivity index (χ1v) is 7.39. The molecule has 2 atom stereocenters. The van der Waals surface area contributed by atoms with E-state index in [2.05, 4.69) is 11.7 Å². The number of alkyl halides is 1. The number of aliphatic imine (C=N–C) groups is 1. The minimum atomic E-state index is -3.47. The van der Waals surface area contributed by atoms with Crippen LogP contribution in [-0.2, 0) is 14.8 Å². The Balaban J connectivity index is 3.10. The quantitative estimate of drug-likeness (QED) is 0.720. The van der Waals surface area contributed by atoms with E-state index in [0.717, 1.165) is 4.31 Å². The summed E-state index contributed by atoms with van der Waals surface area (Å²) in [7, 11) is 0.893. The summed E-state index contributed by atoms with van der Waals surface area (Å²) < 4.78 is 43.1. The van der Waals surface area contributed by atoms with Crippen molar-refractivity contribution in [2.45, 2.75) is 17.0 Å². The van der Waals surface area contributed by atoms with Crippen molar-refractivity contribution in [3.63, 3.8) is 0 Å². The average Bonchev–Trinajstić information content (AvgIpc) is 2.44. The fourth-order valence-corrected chi connectivity index (χ4v) is 2.68. The Morgan fingerprint density at radius 3 is 2.25 bits per heavy atom. The Morgan fingerprint density at radius 2 is 1.90 bits per heavy atom. The molecule has 0 unspecified atom stereocenters. The van der Waals surface area contributed by atoms with E-state index in [1.807, 2.05) is 0 Å². The van der Waals surface area contributed by atoms with E-state index in [0.29, 0.717) is 5.56 Å². The molecule has 1 rings (SSSR count). The van der Waals surface area contributed by atoms with Gasteiger partial charge in [0, 0.05) is 21.2 Å². The van der Waals surface area contributed by atoms with Crippen LogP contribution in [0.3, 0.4) is 0 Å². The molecule has 0 aliphatic carbocycles. The summed E-state index contributed by atoms with van der Waals surface area (Å²) in [5.74, 6) is 0. The molecule has 7 heteroatoms. The van der Waals surface area contributed by atoms with Gasteiger partial charge in [-0.2, -0.15) is 0 Å². The van der Waals surface area contributed by atoms with Crippen molar-refractivity contribution in [1.82, 2.24) is 4.31 Å². The molecule has 112 valence electrons. The smallest absolute Gasteiger partial charge is 0.242 e. The van der Waals surface area contributed by atoms with Crippen LogP contribution < -0.4 is 0 Å². The van der Waals surface area contributed by atoms with Gasteiger partial charge in [-0.05, 0) is 24.4 Å². The molecular formula is C13H19FN2O3S. The number of benzene rings is 1. The third kappa shape index (κ3) is 3.41. The van der Waals surface area contributed by atoms with Gasteiger partial charge in [0.1, 0.15) is 18.8 Å². The molecule has 5 nitrogen and oxygen atoms in total. The Hall–Kier alpha value is -1.31. The second-order valence-electron chi connectivity index (χ2n) is 4.42. The van der Waals surface area contributed by atoms with Gasteiger partial charge in [-0.1, -0.05) is 12.1 Å². The summed E-state index contributed by atoms with van der Waals surface area (Å²) in [5.41, 5.74) is 0.653. The minimum Gasteiger partial charge on any atom is -0.374 e. The topological polar surface area (TPSA) is 59.0 Å². The van der Waals surface area contributed by atoms with Crippen LogP contribution >= 0.6 is 0 Å². The Morgan fingerprint density at radius 1 is 1.35 bits per heavy atom. The van der Waals surface area contributed by atoms with Crippen molar-refractivity contribution in [2.75, 3.05) is 27.9 Å². The zero-order valence-corrected chi connectivity index (χ0v) is 12.6. The lowest BCUT2D eigenvalue weighted by Gasteiger charge is -2.21. The summed E-state index contributed by atoms with van der Waals surface area (Å²) in [5, 5.41) is 0. The first kappa shape index (κ1) is 16.7.